The maximum absolute atomic E-state index is 4.38. The van der Waals surface area contributed by atoms with Crippen LogP contribution in [0.25, 0.3) is 0 Å². The second-order valence-corrected chi connectivity index (χ2v) is 14.7. The van der Waals surface area contributed by atoms with E-state index in [1.54, 1.807) is 12.8 Å². The quantitative estimate of drug-likeness (QED) is 0.320. The Hall–Kier alpha value is -0.260. The fraction of sp³-hybridized carbons (Fsp3) is 0.939. The van der Waals surface area contributed by atoms with E-state index in [1.807, 2.05) is 0 Å². The second-order valence-electron chi connectivity index (χ2n) is 14.7. The monoisotopic (exact) mass is 454 g/mol. The van der Waals surface area contributed by atoms with E-state index in [-0.39, 0.29) is 0 Å². The van der Waals surface area contributed by atoms with Crippen LogP contribution in [-0.4, -0.2) is 0 Å². The Morgan fingerprint density at radius 3 is 2.30 bits per heavy atom. The number of allylic oxidation sites excluding steroid dienone is 1. The largest absolute Gasteiger partial charge is 0.0999 e. The SMILES string of the molecule is C=C(CCC)CCC(C)C1CCC2C3C(CC(C)C)CC4CC(C)CCC4(C)C3CCC12C. The van der Waals surface area contributed by atoms with Crippen molar-refractivity contribution in [1.82, 2.24) is 0 Å². The van der Waals surface area contributed by atoms with Gasteiger partial charge >= 0.3 is 0 Å². The Morgan fingerprint density at radius 1 is 0.909 bits per heavy atom. The average molecular weight is 455 g/mol. The van der Waals surface area contributed by atoms with Gasteiger partial charge < -0.3 is 0 Å². The maximum Gasteiger partial charge on any atom is -0.0264 e. The van der Waals surface area contributed by atoms with Crippen molar-refractivity contribution in [3.05, 3.63) is 12.2 Å². The third-order valence-electron chi connectivity index (χ3n) is 12.2. The lowest BCUT2D eigenvalue weighted by molar-refractivity contribution is -0.149. The second kappa shape index (κ2) is 10.0. The van der Waals surface area contributed by atoms with Crippen molar-refractivity contribution in [2.75, 3.05) is 0 Å². The molecule has 0 N–H and O–H groups in total. The molecule has 10 atom stereocenters. The summed E-state index contributed by atoms with van der Waals surface area (Å²) in [5.74, 6) is 8.70. The molecule has 0 nitrogen and oxygen atoms in total. The molecular formula is C33H58. The molecular weight excluding hydrogens is 396 g/mol. The molecule has 0 heterocycles. The molecule has 4 fully saturated rings. The molecule has 33 heavy (non-hydrogen) atoms. The summed E-state index contributed by atoms with van der Waals surface area (Å²) in [5.41, 5.74) is 2.75. The summed E-state index contributed by atoms with van der Waals surface area (Å²) in [6.45, 7) is 22.4. The highest BCUT2D eigenvalue weighted by atomic mass is 14.7. The molecule has 4 rings (SSSR count). The first-order valence-corrected chi connectivity index (χ1v) is 15.3. The Kier molecular flexibility index (Phi) is 7.83. The fourth-order valence-corrected chi connectivity index (χ4v) is 10.6. The molecule has 0 aromatic heterocycles. The fourth-order valence-electron chi connectivity index (χ4n) is 10.6. The molecule has 0 aromatic carbocycles. The lowest BCUT2D eigenvalue weighted by atomic mass is 9.41. The van der Waals surface area contributed by atoms with Crippen molar-refractivity contribution < 1.29 is 0 Å². The summed E-state index contributed by atoms with van der Waals surface area (Å²) in [4.78, 5) is 0. The molecule has 0 saturated heterocycles. The van der Waals surface area contributed by atoms with Crippen LogP contribution in [0, 0.1) is 64.1 Å². The lowest BCUT2D eigenvalue weighted by Gasteiger charge is -2.64. The van der Waals surface area contributed by atoms with Gasteiger partial charge in [-0.3, -0.25) is 0 Å². The molecule has 0 spiro atoms. The summed E-state index contributed by atoms with van der Waals surface area (Å²) in [6.07, 6.45) is 18.9. The molecule has 4 aliphatic carbocycles. The van der Waals surface area contributed by atoms with Gasteiger partial charge in [-0.05, 0) is 135 Å². The van der Waals surface area contributed by atoms with Crippen molar-refractivity contribution in [2.45, 2.75) is 132 Å². The van der Waals surface area contributed by atoms with Gasteiger partial charge in [-0.2, -0.15) is 0 Å². The Bertz CT molecular complexity index is 674. The Labute approximate surface area is 208 Å². The highest BCUT2D eigenvalue weighted by Gasteiger charge is 2.62. The van der Waals surface area contributed by atoms with Gasteiger partial charge in [-0.25, -0.2) is 0 Å². The van der Waals surface area contributed by atoms with E-state index >= 15 is 0 Å². The van der Waals surface area contributed by atoms with Gasteiger partial charge in [0.1, 0.15) is 0 Å². The minimum Gasteiger partial charge on any atom is -0.0999 e. The van der Waals surface area contributed by atoms with E-state index in [0.29, 0.717) is 10.8 Å². The first-order valence-electron chi connectivity index (χ1n) is 15.3. The van der Waals surface area contributed by atoms with E-state index in [4.69, 9.17) is 0 Å². The summed E-state index contributed by atoms with van der Waals surface area (Å²) in [6, 6.07) is 0. The number of rotatable bonds is 8. The van der Waals surface area contributed by atoms with Crippen LogP contribution < -0.4 is 0 Å². The van der Waals surface area contributed by atoms with Gasteiger partial charge in [0.2, 0.25) is 0 Å². The van der Waals surface area contributed by atoms with Gasteiger partial charge in [0.15, 0.2) is 0 Å². The van der Waals surface area contributed by atoms with Crippen molar-refractivity contribution in [1.29, 1.82) is 0 Å². The first kappa shape index (κ1) is 25.8. The third-order valence-corrected chi connectivity index (χ3v) is 12.2. The molecule has 4 aliphatic rings. The number of hydrogen-bond donors (Lipinski definition) is 0. The number of fused-ring (bicyclic) bond motifs is 5. The molecule has 0 amide bonds. The van der Waals surface area contributed by atoms with Gasteiger partial charge in [0.05, 0.1) is 0 Å². The van der Waals surface area contributed by atoms with Crippen LogP contribution in [0.1, 0.15) is 132 Å². The lowest BCUT2D eigenvalue weighted by Crippen LogP contribution is -2.56. The van der Waals surface area contributed by atoms with Gasteiger partial charge in [0, 0.05) is 0 Å². The summed E-state index contributed by atoms with van der Waals surface area (Å²) < 4.78 is 0. The van der Waals surface area contributed by atoms with Crippen molar-refractivity contribution in [3.8, 4) is 0 Å². The van der Waals surface area contributed by atoms with Crippen molar-refractivity contribution >= 4 is 0 Å². The molecule has 0 aliphatic heterocycles. The molecule has 10 unspecified atom stereocenters. The Balaban J connectivity index is 1.55. The van der Waals surface area contributed by atoms with Crippen LogP contribution in [0.4, 0.5) is 0 Å². The van der Waals surface area contributed by atoms with E-state index in [1.165, 1.54) is 76.2 Å². The van der Waals surface area contributed by atoms with E-state index in [2.05, 4.69) is 55.0 Å². The van der Waals surface area contributed by atoms with Gasteiger partial charge in [0.25, 0.3) is 0 Å². The smallest absolute Gasteiger partial charge is 0.0264 e. The van der Waals surface area contributed by atoms with Crippen LogP contribution in [0.2, 0.25) is 0 Å². The predicted octanol–water partition coefficient (Wildman–Crippen LogP) is 10.3. The first-order chi connectivity index (χ1) is 15.6. The zero-order chi connectivity index (χ0) is 24.0. The molecule has 0 aromatic rings. The standard InChI is InChI=1S/C33H58/c1-9-10-23(4)11-12-25(6)28-13-14-29-31-26(19-22(2)3)21-27-20-24(5)15-17-32(27,7)30(31)16-18-33(28,29)8/h22,24-31H,4,9-21H2,1-3,5-8H3. The molecule has 0 radical (unpaired) electrons. The van der Waals surface area contributed by atoms with E-state index < -0.39 is 0 Å². The van der Waals surface area contributed by atoms with Crippen LogP contribution >= 0.6 is 0 Å². The van der Waals surface area contributed by atoms with Crippen LogP contribution in [-0.2, 0) is 0 Å². The van der Waals surface area contributed by atoms with Crippen LogP contribution in [0.15, 0.2) is 12.2 Å². The topological polar surface area (TPSA) is 0 Å². The maximum atomic E-state index is 4.38. The summed E-state index contributed by atoms with van der Waals surface area (Å²) in [5, 5.41) is 0. The zero-order valence-corrected chi connectivity index (χ0v) is 23.6. The van der Waals surface area contributed by atoms with Gasteiger partial charge in [-0.15, -0.1) is 0 Å². The van der Waals surface area contributed by atoms with Gasteiger partial charge in [-0.1, -0.05) is 73.5 Å². The minimum absolute atomic E-state index is 0.604. The van der Waals surface area contributed by atoms with Crippen molar-refractivity contribution in [2.24, 2.45) is 64.1 Å². The van der Waals surface area contributed by atoms with E-state index in [0.717, 1.165) is 53.3 Å². The predicted molar refractivity (Wildman–Crippen MR) is 145 cm³/mol. The van der Waals surface area contributed by atoms with Crippen LogP contribution in [0.3, 0.4) is 0 Å². The van der Waals surface area contributed by atoms with Crippen LogP contribution in [0.5, 0.6) is 0 Å². The van der Waals surface area contributed by atoms with Crippen molar-refractivity contribution in [3.63, 3.8) is 0 Å². The minimum atomic E-state index is 0.604. The normalized spacial score (nSPS) is 45.9. The highest BCUT2D eigenvalue weighted by Crippen LogP contribution is 2.70. The summed E-state index contributed by atoms with van der Waals surface area (Å²) in [7, 11) is 0. The average Bonchev–Trinajstić information content (AvgIpc) is 3.10. The Morgan fingerprint density at radius 2 is 1.61 bits per heavy atom. The molecule has 0 bridgehead atoms. The highest BCUT2D eigenvalue weighted by molar-refractivity contribution is 5.11. The third kappa shape index (κ3) is 4.77. The number of hydrogen-bond acceptors (Lipinski definition) is 0. The molecule has 190 valence electrons. The zero-order valence-electron chi connectivity index (χ0n) is 23.6. The molecule has 4 saturated carbocycles. The molecule has 0 heteroatoms. The van der Waals surface area contributed by atoms with E-state index in [9.17, 15) is 0 Å². The summed E-state index contributed by atoms with van der Waals surface area (Å²) >= 11 is 0.